The molecule has 2 aromatic rings. The Morgan fingerprint density at radius 3 is 2.10 bits per heavy atom. The summed E-state index contributed by atoms with van der Waals surface area (Å²) >= 11 is 0. The first-order chi connectivity index (χ1) is 14.3. The highest BCUT2D eigenvalue weighted by Crippen LogP contribution is 2.44. The molecule has 1 aliphatic rings. The molecular weight excluding hydrogens is 378 g/mol. The van der Waals surface area contributed by atoms with Crippen LogP contribution in [0.2, 0.25) is 0 Å². The minimum absolute atomic E-state index is 0.0126. The molecule has 2 aromatic carbocycles. The Kier molecular flexibility index (Phi) is 6.80. The molecule has 0 fully saturated rings. The van der Waals surface area contributed by atoms with Crippen LogP contribution in [0.25, 0.3) is 11.1 Å². The number of ether oxygens (including phenoxy) is 2. The highest BCUT2D eigenvalue weighted by atomic mass is 16.6. The quantitative estimate of drug-likeness (QED) is 0.620. The van der Waals surface area contributed by atoms with Crippen LogP contribution in [0.5, 0.6) is 0 Å². The van der Waals surface area contributed by atoms with Crippen LogP contribution in [0, 0.1) is 0 Å². The van der Waals surface area contributed by atoms with Crippen molar-refractivity contribution in [2.75, 3.05) is 6.61 Å². The summed E-state index contributed by atoms with van der Waals surface area (Å²) < 4.78 is 11.0. The van der Waals surface area contributed by atoms with Crippen LogP contribution in [0.4, 0.5) is 4.79 Å². The van der Waals surface area contributed by atoms with Crippen molar-refractivity contribution in [1.29, 1.82) is 0 Å². The van der Waals surface area contributed by atoms with E-state index in [9.17, 15) is 9.59 Å². The number of carbonyl (C=O) groups excluding carboxylic acids is 2. The third-order valence-electron chi connectivity index (χ3n) is 5.14. The molecule has 0 radical (unpaired) electrons. The third kappa shape index (κ3) is 5.41. The Morgan fingerprint density at radius 2 is 1.57 bits per heavy atom. The van der Waals surface area contributed by atoms with Crippen LogP contribution in [0.3, 0.4) is 0 Å². The zero-order valence-corrected chi connectivity index (χ0v) is 18.2. The number of benzene rings is 2. The van der Waals surface area contributed by atoms with Crippen molar-refractivity contribution in [2.45, 2.75) is 64.5 Å². The van der Waals surface area contributed by atoms with Gasteiger partial charge in [-0.25, -0.2) is 4.79 Å². The Labute approximate surface area is 178 Å². The smallest absolute Gasteiger partial charge is 0.407 e. The molecular formula is C25H31NO4. The summed E-state index contributed by atoms with van der Waals surface area (Å²) in [4.78, 5) is 24.6. The number of rotatable bonds is 7. The van der Waals surface area contributed by atoms with Crippen LogP contribution in [-0.2, 0) is 14.3 Å². The fourth-order valence-corrected chi connectivity index (χ4v) is 3.96. The molecule has 1 aliphatic carbocycles. The highest BCUT2D eigenvalue weighted by Gasteiger charge is 2.29. The molecule has 0 aromatic heterocycles. The lowest BCUT2D eigenvalue weighted by molar-refractivity contribution is -0.155. The van der Waals surface area contributed by atoms with E-state index >= 15 is 0 Å². The van der Waals surface area contributed by atoms with Gasteiger partial charge in [0.25, 0.3) is 0 Å². The first-order valence-electron chi connectivity index (χ1n) is 10.6. The van der Waals surface area contributed by atoms with E-state index in [-0.39, 0.29) is 31.0 Å². The van der Waals surface area contributed by atoms with E-state index in [1.54, 1.807) is 0 Å². The molecule has 5 heteroatoms. The number of nitrogens with one attached hydrogen (secondary N) is 1. The van der Waals surface area contributed by atoms with Crippen molar-refractivity contribution in [3.05, 3.63) is 59.7 Å². The lowest BCUT2D eigenvalue weighted by Gasteiger charge is -2.23. The lowest BCUT2D eigenvalue weighted by atomic mass is 9.98. The second kappa shape index (κ2) is 9.33. The van der Waals surface area contributed by atoms with Gasteiger partial charge in [0.05, 0.1) is 6.42 Å². The number of fused-ring (bicyclic) bond motifs is 3. The van der Waals surface area contributed by atoms with Crippen molar-refractivity contribution in [3.63, 3.8) is 0 Å². The maximum absolute atomic E-state index is 12.5. The minimum Gasteiger partial charge on any atom is -0.460 e. The molecule has 1 atom stereocenters. The average Bonchev–Trinajstić information content (AvgIpc) is 2.99. The Hall–Kier alpha value is -2.82. The van der Waals surface area contributed by atoms with Gasteiger partial charge < -0.3 is 14.8 Å². The Bertz CT molecular complexity index is 855. The van der Waals surface area contributed by atoms with Gasteiger partial charge in [-0.3, -0.25) is 4.79 Å². The summed E-state index contributed by atoms with van der Waals surface area (Å²) in [6, 6.07) is 16.1. The highest BCUT2D eigenvalue weighted by molar-refractivity contribution is 5.79. The van der Waals surface area contributed by atoms with Gasteiger partial charge in [0.2, 0.25) is 0 Å². The molecule has 0 saturated carbocycles. The first kappa shape index (κ1) is 21.9. The van der Waals surface area contributed by atoms with Crippen molar-refractivity contribution in [3.8, 4) is 11.1 Å². The van der Waals surface area contributed by atoms with Crippen LogP contribution in [0.15, 0.2) is 48.5 Å². The van der Waals surface area contributed by atoms with Crippen LogP contribution >= 0.6 is 0 Å². The van der Waals surface area contributed by atoms with Gasteiger partial charge in [-0.1, -0.05) is 61.9 Å². The van der Waals surface area contributed by atoms with Crippen LogP contribution in [-0.4, -0.2) is 30.3 Å². The molecule has 160 valence electrons. The molecule has 30 heavy (non-hydrogen) atoms. The minimum atomic E-state index is -0.544. The standard InChI is InChI=1S/C25H31NO4/c1-5-10-17(15-23(27)30-25(2,3)4)26-24(28)29-16-22-20-13-8-6-11-18(20)19-12-7-9-14-21(19)22/h6-9,11-14,17,22H,5,10,15-16H2,1-4H3,(H,26,28). The maximum atomic E-state index is 12.5. The monoisotopic (exact) mass is 409 g/mol. The molecule has 0 aliphatic heterocycles. The summed E-state index contributed by atoms with van der Waals surface area (Å²) in [5.41, 5.74) is 4.18. The van der Waals surface area contributed by atoms with Crippen molar-refractivity contribution in [2.24, 2.45) is 0 Å². The number of hydrogen-bond donors (Lipinski definition) is 1. The first-order valence-corrected chi connectivity index (χ1v) is 10.6. The molecule has 1 unspecified atom stereocenters. The molecule has 5 nitrogen and oxygen atoms in total. The molecule has 0 saturated heterocycles. The normalized spacial score (nSPS) is 13.9. The zero-order valence-electron chi connectivity index (χ0n) is 18.2. The zero-order chi connectivity index (χ0) is 21.7. The number of carbonyl (C=O) groups is 2. The summed E-state index contributed by atoms with van der Waals surface area (Å²) in [6.07, 6.45) is 1.16. The molecule has 0 spiro atoms. The van der Waals surface area contributed by atoms with E-state index in [4.69, 9.17) is 9.47 Å². The summed E-state index contributed by atoms with van der Waals surface area (Å²) in [6.45, 7) is 7.77. The predicted molar refractivity (Wildman–Crippen MR) is 117 cm³/mol. The number of hydrogen-bond acceptors (Lipinski definition) is 4. The summed E-state index contributed by atoms with van der Waals surface area (Å²) in [5.74, 6) is -0.307. The summed E-state index contributed by atoms with van der Waals surface area (Å²) in [7, 11) is 0. The van der Waals surface area contributed by atoms with Gasteiger partial charge in [0.1, 0.15) is 12.2 Å². The largest absolute Gasteiger partial charge is 0.460 e. The topological polar surface area (TPSA) is 64.6 Å². The average molecular weight is 410 g/mol. The number of esters is 1. The van der Waals surface area contributed by atoms with Gasteiger partial charge in [-0.05, 0) is 49.4 Å². The van der Waals surface area contributed by atoms with E-state index < -0.39 is 11.7 Å². The Morgan fingerprint density at radius 1 is 1.00 bits per heavy atom. The molecule has 3 rings (SSSR count). The van der Waals surface area contributed by atoms with Gasteiger partial charge >= 0.3 is 12.1 Å². The van der Waals surface area contributed by atoms with Crippen LogP contribution < -0.4 is 5.32 Å². The number of amides is 1. The molecule has 1 amide bonds. The van der Waals surface area contributed by atoms with Gasteiger partial charge in [-0.2, -0.15) is 0 Å². The SMILES string of the molecule is CCCC(CC(=O)OC(C)(C)C)NC(=O)OCC1c2ccccc2-c2ccccc21. The van der Waals surface area contributed by atoms with E-state index in [1.165, 1.54) is 22.3 Å². The predicted octanol–water partition coefficient (Wildman–Crippen LogP) is 5.43. The van der Waals surface area contributed by atoms with Crippen molar-refractivity contribution in [1.82, 2.24) is 5.32 Å². The number of alkyl carbamates (subject to hydrolysis) is 1. The lowest BCUT2D eigenvalue weighted by Crippen LogP contribution is -2.38. The second-order valence-electron chi connectivity index (χ2n) is 8.75. The van der Waals surface area contributed by atoms with E-state index in [0.717, 1.165) is 6.42 Å². The fraction of sp³-hybridized carbons (Fsp3) is 0.440. The van der Waals surface area contributed by atoms with E-state index in [1.807, 2.05) is 52.0 Å². The van der Waals surface area contributed by atoms with Crippen molar-refractivity contribution >= 4 is 12.1 Å². The maximum Gasteiger partial charge on any atom is 0.407 e. The molecule has 0 bridgehead atoms. The fourth-order valence-electron chi connectivity index (χ4n) is 3.96. The van der Waals surface area contributed by atoms with Crippen LogP contribution in [0.1, 0.15) is 64.0 Å². The third-order valence-corrected chi connectivity index (χ3v) is 5.14. The van der Waals surface area contributed by atoms with Gasteiger partial charge in [-0.15, -0.1) is 0 Å². The molecule has 1 N–H and O–H groups in total. The van der Waals surface area contributed by atoms with E-state index in [0.29, 0.717) is 6.42 Å². The van der Waals surface area contributed by atoms with Gasteiger partial charge in [0.15, 0.2) is 0 Å². The Balaban J connectivity index is 1.61. The molecule has 0 heterocycles. The van der Waals surface area contributed by atoms with Gasteiger partial charge in [0, 0.05) is 12.0 Å². The second-order valence-corrected chi connectivity index (χ2v) is 8.75. The van der Waals surface area contributed by atoms with Crippen molar-refractivity contribution < 1.29 is 19.1 Å². The summed E-state index contributed by atoms with van der Waals surface area (Å²) in [5, 5.41) is 2.84. The van der Waals surface area contributed by atoms with E-state index in [2.05, 4.69) is 29.6 Å².